The molecule has 0 saturated carbocycles. The highest BCUT2D eigenvalue weighted by molar-refractivity contribution is 9.10. The second-order valence-electron chi connectivity index (χ2n) is 4.23. The van der Waals surface area contributed by atoms with Crippen LogP contribution in [0.1, 0.15) is 21.5 Å². The largest absolute Gasteiger partial charge is 0.298 e. The summed E-state index contributed by atoms with van der Waals surface area (Å²) in [6.45, 7) is 4.20. The second-order valence-corrected chi connectivity index (χ2v) is 6.20. The van der Waals surface area contributed by atoms with Gasteiger partial charge in [-0.2, -0.15) is 0 Å². The molecule has 0 aliphatic carbocycles. The molecular weight excluding hydrogens is 308 g/mol. The third kappa shape index (κ3) is 3.24. The van der Waals surface area contributed by atoms with Crippen LogP contribution in [0.15, 0.2) is 50.7 Å². The standard InChI is InChI=1S/C15H13BrOS/c1-10-5-11(2)7-13(6-10)18-15-4-3-12(9-17)8-14(15)16/h3-9H,1-2H3. The number of hydrogen-bond donors (Lipinski definition) is 0. The van der Waals surface area contributed by atoms with Crippen molar-refractivity contribution < 1.29 is 4.79 Å². The van der Waals surface area contributed by atoms with Crippen LogP contribution in [0.25, 0.3) is 0 Å². The monoisotopic (exact) mass is 320 g/mol. The van der Waals surface area contributed by atoms with E-state index in [2.05, 4.69) is 48.0 Å². The van der Waals surface area contributed by atoms with E-state index in [0.29, 0.717) is 5.56 Å². The molecule has 0 aliphatic heterocycles. The quantitative estimate of drug-likeness (QED) is 0.738. The van der Waals surface area contributed by atoms with Crippen LogP contribution in [0.5, 0.6) is 0 Å². The molecule has 0 N–H and O–H groups in total. The molecule has 0 radical (unpaired) electrons. The average Bonchev–Trinajstić information content (AvgIpc) is 2.30. The fourth-order valence-electron chi connectivity index (χ4n) is 1.79. The molecule has 92 valence electrons. The summed E-state index contributed by atoms with van der Waals surface area (Å²) in [6.07, 6.45) is 0.857. The minimum absolute atomic E-state index is 0.687. The molecule has 2 rings (SSSR count). The molecular formula is C15H13BrOS. The molecule has 18 heavy (non-hydrogen) atoms. The van der Waals surface area contributed by atoms with Crippen molar-refractivity contribution in [2.24, 2.45) is 0 Å². The molecule has 2 aromatic rings. The predicted octanol–water partition coefficient (Wildman–Crippen LogP) is 5.03. The zero-order valence-electron chi connectivity index (χ0n) is 10.2. The van der Waals surface area contributed by atoms with Gasteiger partial charge in [0.05, 0.1) is 0 Å². The van der Waals surface area contributed by atoms with Gasteiger partial charge in [0.2, 0.25) is 0 Å². The number of hydrogen-bond acceptors (Lipinski definition) is 2. The Balaban J connectivity index is 2.31. The van der Waals surface area contributed by atoms with Gasteiger partial charge in [0.15, 0.2) is 0 Å². The average molecular weight is 321 g/mol. The molecule has 3 heteroatoms. The van der Waals surface area contributed by atoms with Gasteiger partial charge in [-0.05, 0) is 65.2 Å². The van der Waals surface area contributed by atoms with Crippen LogP contribution in [-0.4, -0.2) is 6.29 Å². The van der Waals surface area contributed by atoms with E-state index in [0.717, 1.165) is 15.7 Å². The molecule has 0 saturated heterocycles. The molecule has 0 heterocycles. The summed E-state index contributed by atoms with van der Waals surface area (Å²) in [5.41, 5.74) is 3.21. The summed E-state index contributed by atoms with van der Waals surface area (Å²) in [7, 11) is 0. The summed E-state index contributed by atoms with van der Waals surface area (Å²) < 4.78 is 0.955. The number of aldehydes is 1. The van der Waals surface area contributed by atoms with Gasteiger partial charge in [0.25, 0.3) is 0 Å². The first-order valence-corrected chi connectivity index (χ1v) is 7.20. The van der Waals surface area contributed by atoms with E-state index in [1.165, 1.54) is 16.0 Å². The highest BCUT2D eigenvalue weighted by atomic mass is 79.9. The molecule has 0 fully saturated rings. The van der Waals surface area contributed by atoms with Crippen molar-refractivity contribution >= 4 is 34.0 Å². The first-order chi connectivity index (χ1) is 8.58. The second kappa shape index (κ2) is 5.72. The summed E-state index contributed by atoms with van der Waals surface area (Å²) >= 11 is 5.20. The predicted molar refractivity (Wildman–Crippen MR) is 79.6 cm³/mol. The third-order valence-corrected chi connectivity index (χ3v) is 4.48. The van der Waals surface area contributed by atoms with Crippen molar-refractivity contribution in [1.82, 2.24) is 0 Å². The summed E-state index contributed by atoms with van der Waals surface area (Å²) in [5.74, 6) is 0. The molecule has 1 nitrogen and oxygen atoms in total. The number of aryl methyl sites for hydroxylation is 2. The molecule has 2 aromatic carbocycles. The van der Waals surface area contributed by atoms with Crippen molar-refractivity contribution in [2.45, 2.75) is 23.6 Å². The van der Waals surface area contributed by atoms with E-state index < -0.39 is 0 Å². The lowest BCUT2D eigenvalue weighted by Gasteiger charge is -2.07. The molecule has 0 aromatic heterocycles. The van der Waals surface area contributed by atoms with E-state index in [-0.39, 0.29) is 0 Å². The van der Waals surface area contributed by atoms with Gasteiger partial charge in [-0.1, -0.05) is 23.9 Å². The summed E-state index contributed by atoms with van der Waals surface area (Å²) in [6, 6.07) is 12.1. The van der Waals surface area contributed by atoms with Gasteiger partial charge in [0.1, 0.15) is 6.29 Å². The van der Waals surface area contributed by atoms with Crippen LogP contribution < -0.4 is 0 Å². The molecule has 0 aliphatic rings. The Morgan fingerprint density at radius 3 is 2.28 bits per heavy atom. The van der Waals surface area contributed by atoms with E-state index in [1.807, 2.05) is 18.2 Å². The van der Waals surface area contributed by atoms with E-state index in [4.69, 9.17) is 0 Å². The van der Waals surface area contributed by atoms with Gasteiger partial charge in [-0.15, -0.1) is 0 Å². The van der Waals surface area contributed by atoms with Gasteiger partial charge >= 0.3 is 0 Å². The number of halogens is 1. The topological polar surface area (TPSA) is 17.1 Å². The van der Waals surface area contributed by atoms with E-state index in [1.54, 1.807) is 11.8 Å². The van der Waals surface area contributed by atoms with Crippen molar-refractivity contribution in [3.05, 3.63) is 57.6 Å². The number of benzene rings is 2. The fraction of sp³-hybridized carbons (Fsp3) is 0.133. The van der Waals surface area contributed by atoms with Gasteiger partial charge < -0.3 is 0 Å². The number of carbonyl (C=O) groups is 1. The van der Waals surface area contributed by atoms with Crippen LogP contribution >= 0.6 is 27.7 Å². The van der Waals surface area contributed by atoms with Gasteiger partial charge in [0, 0.05) is 19.8 Å². The Bertz CT molecular complexity index is 573. The van der Waals surface area contributed by atoms with E-state index >= 15 is 0 Å². The molecule has 0 amide bonds. The Labute approximate surface area is 120 Å². The summed E-state index contributed by atoms with van der Waals surface area (Å²) in [5, 5.41) is 0. The smallest absolute Gasteiger partial charge is 0.150 e. The van der Waals surface area contributed by atoms with Crippen LogP contribution in [0.2, 0.25) is 0 Å². The van der Waals surface area contributed by atoms with Gasteiger partial charge in [-0.25, -0.2) is 0 Å². The lowest BCUT2D eigenvalue weighted by Crippen LogP contribution is -1.83. The fourth-order valence-corrected chi connectivity index (χ4v) is 3.47. The Morgan fingerprint density at radius 1 is 1.06 bits per heavy atom. The normalized spacial score (nSPS) is 10.4. The molecule has 0 atom stereocenters. The lowest BCUT2D eigenvalue weighted by atomic mass is 10.2. The van der Waals surface area contributed by atoms with Crippen molar-refractivity contribution in [2.75, 3.05) is 0 Å². The van der Waals surface area contributed by atoms with Crippen molar-refractivity contribution in [1.29, 1.82) is 0 Å². The maximum atomic E-state index is 10.7. The zero-order chi connectivity index (χ0) is 13.1. The summed E-state index contributed by atoms with van der Waals surface area (Å²) in [4.78, 5) is 13.0. The number of carbonyl (C=O) groups excluding carboxylic acids is 1. The van der Waals surface area contributed by atoms with Crippen LogP contribution in [-0.2, 0) is 0 Å². The van der Waals surface area contributed by atoms with Crippen molar-refractivity contribution in [3.8, 4) is 0 Å². The third-order valence-electron chi connectivity index (χ3n) is 2.52. The van der Waals surface area contributed by atoms with Crippen LogP contribution in [0, 0.1) is 13.8 Å². The Morgan fingerprint density at radius 2 is 1.72 bits per heavy atom. The van der Waals surface area contributed by atoms with Crippen LogP contribution in [0.4, 0.5) is 0 Å². The Hall–Kier alpha value is -1.06. The first kappa shape index (κ1) is 13.4. The number of rotatable bonds is 3. The highest BCUT2D eigenvalue weighted by Gasteiger charge is 2.04. The minimum atomic E-state index is 0.687. The van der Waals surface area contributed by atoms with Gasteiger partial charge in [-0.3, -0.25) is 4.79 Å². The highest BCUT2D eigenvalue weighted by Crippen LogP contribution is 2.34. The molecule has 0 unspecified atom stereocenters. The maximum absolute atomic E-state index is 10.7. The van der Waals surface area contributed by atoms with Crippen molar-refractivity contribution in [3.63, 3.8) is 0 Å². The Kier molecular flexibility index (Phi) is 4.25. The van der Waals surface area contributed by atoms with E-state index in [9.17, 15) is 4.79 Å². The molecule has 0 bridgehead atoms. The zero-order valence-corrected chi connectivity index (χ0v) is 12.6. The van der Waals surface area contributed by atoms with Crippen LogP contribution in [0.3, 0.4) is 0 Å². The minimum Gasteiger partial charge on any atom is -0.298 e. The first-order valence-electron chi connectivity index (χ1n) is 5.59. The maximum Gasteiger partial charge on any atom is 0.150 e. The molecule has 0 spiro atoms. The SMILES string of the molecule is Cc1cc(C)cc(Sc2ccc(C=O)cc2Br)c1. The lowest BCUT2D eigenvalue weighted by molar-refractivity contribution is 0.112.